The Kier molecular flexibility index (Phi) is 6.30. The van der Waals surface area contributed by atoms with Gasteiger partial charge in [-0.1, -0.05) is 25.4 Å². The van der Waals surface area contributed by atoms with E-state index in [-0.39, 0.29) is 6.61 Å². The number of halogens is 1. The lowest BCUT2D eigenvalue weighted by Gasteiger charge is -2.37. The maximum Gasteiger partial charge on any atom is 0.0558 e. The third kappa shape index (κ3) is 4.85. The predicted molar refractivity (Wildman–Crippen MR) is 89.2 cm³/mol. The van der Waals surface area contributed by atoms with Gasteiger partial charge in [-0.2, -0.15) is 0 Å². The van der Waals surface area contributed by atoms with Gasteiger partial charge in [-0.3, -0.25) is 4.90 Å². The third-order valence-electron chi connectivity index (χ3n) is 3.87. The van der Waals surface area contributed by atoms with Gasteiger partial charge in [-0.15, -0.1) is 0 Å². The van der Waals surface area contributed by atoms with Gasteiger partial charge in [0, 0.05) is 56.0 Å². The minimum Gasteiger partial charge on any atom is -0.395 e. The molecular weight excluding hydrogens is 286 g/mol. The molecule has 2 rings (SSSR count). The van der Waals surface area contributed by atoms with Crippen molar-refractivity contribution in [3.63, 3.8) is 0 Å². The van der Waals surface area contributed by atoms with Gasteiger partial charge in [-0.05, 0) is 23.8 Å². The third-order valence-corrected chi connectivity index (χ3v) is 4.11. The maximum absolute atomic E-state index is 9.02. The number of rotatable bonds is 6. The fourth-order valence-corrected chi connectivity index (χ4v) is 2.87. The topological polar surface area (TPSA) is 38.7 Å². The highest BCUT2D eigenvalue weighted by molar-refractivity contribution is 6.30. The molecule has 1 heterocycles. The molecule has 1 fully saturated rings. The Labute approximate surface area is 132 Å². The average molecular weight is 312 g/mol. The van der Waals surface area contributed by atoms with Crippen molar-refractivity contribution in [2.45, 2.75) is 26.4 Å². The Bertz CT molecular complexity index is 445. The second-order valence-corrected chi connectivity index (χ2v) is 6.30. The first-order valence-corrected chi connectivity index (χ1v) is 8.08. The second-order valence-electron chi connectivity index (χ2n) is 5.86. The smallest absolute Gasteiger partial charge is 0.0558 e. The lowest BCUT2D eigenvalue weighted by atomic mass is 10.1. The van der Waals surface area contributed by atoms with Gasteiger partial charge in [0.05, 0.1) is 6.61 Å². The van der Waals surface area contributed by atoms with Crippen molar-refractivity contribution in [1.82, 2.24) is 10.2 Å². The van der Waals surface area contributed by atoms with E-state index in [0.717, 1.165) is 44.3 Å². The molecule has 1 aliphatic heterocycles. The summed E-state index contributed by atoms with van der Waals surface area (Å²) in [6.07, 6.45) is 0. The van der Waals surface area contributed by atoms with Crippen molar-refractivity contribution >= 4 is 17.3 Å². The highest BCUT2D eigenvalue weighted by atomic mass is 35.5. The summed E-state index contributed by atoms with van der Waals surface area (Å²) in [5.74, 6) is 0. The standard InChI is InChI=1S/C16H26ClN3O/c1-13(2)18-12-14-11-15(17)3-4-16(14)20-7-5-19(6-8-20)9-10-21/h3-4,11,13,18,21H,5-10,12H2,1-2H3. The van der Waals surface area contributed by atoms with Crippen LogP contribution in [0, 0.1) is 0 Å². The van der Waals surface area contributed by atoms with E-state index in [9.17, 15) is 0 Å². The van der Waals surface area contributed by atoms with E-state index in [1.54, 1.807) is 0 Å². The predicted octanol–water partition coefficient (Wildman–Crippen LogP) is 1.95. The fourth-order valence-electron chi connectivity index (χ4n) is 2.67. The average Bonchev–Trinajstić information content (AvgIpc) is 2.46. The summed E-state index contributed by atoms with van der Waals surface area (Å²) in [5.41, 5.74) is 2.53. The molecule has 0 unspecified atom stereocenters. The number of piperazine rings is 1. The zero-order valence-corrected chi connectivity index (χ0v) is 13.7. The van der Waals surface area contributed by atoms with Crippen LogP contribution in [0.3, 0.4) is 0 Å². The number of anilines is 1. The highest BCUT2D eigenvalue weighted by Crippen LogP contribution is 2.25. The summed E-state index contributed by atoms with van der Waals surface area (Å²) in [5, 5.41) is 13.3. The number of nitrogens with one attached hydrogen (secondary N) is 1. The second kappa shape index (κ2) is 7.99. The number of β-amino-alcohol motifs (C(OH)–C–C–N with tert-alkyl or cyclic N) is 1. The molecule has 1 aromatic carbocycles. The van der Waals surface area contributed by atoms with Crippen molar-refractivity contribution in [3.05, 3.63) is 28.8 Å². The zero-order chi connectivity index (χ0) is 15.2. The lowest BCUT2D eigenvalue weighted by molar-refractivity contribution is 0.188. The highest BCUT2D eigenvalue weighted by Gasteiger charge is 2.19. The minimum absolute atomic E-state index is 0.241. The summed E-state index contributed by atoms with van der Waals surface area (Å²) >= 11 is 6.15. The van der Waals surface area contributed by atoms with Crippen molar-refractivity contribution in [3.8, 4) is 0 Å². The van der Waals surface area contributed by atoms with Gasteiger partial charge < -0.3 is 15.3 Å². The van der Waals surface area contributed by atoms with E-state index in [2.05, 4.69) is 41.1 Å². The first-order valence-electron chi connectivity index (χ1n) is 7.70. The van der Waals surface area contributed by atoms with Crippen LogP contribution in [0.15, 0.2) is 18.2 Å². The molecule has 0 atom stereocenters. The first kappa shape index (κ1) is 16.6. The van der Waals surface area contributed by atoms with Gasteiger partial charge >= 0.3 is 0 Å². The Morgan fingerprint density at radius 1 is 1.24 bits per heavy atom. The van der Waals surface area contributed by atoms with Crippen LogP contribution < -0.4 is 10.2 Å². The lowest BCUT2D eigenvalue weighted by Crippen LogP contribution is -2.47. The van der Waals surface area contributed by atoms with Crippen LogP contribution in [0.1, 0.15) is 19.4 Å². The minimum atomic E-state index is 0.241. The Morgan fingerprint density at radius 3 is 2.57 bits per heavy atom. The molecule has 118 valence electrons. The summed E-state index contributed by atoms with van der Waals surface area (Å²) in [6.45, 7) is 10.1. The molecule has 0 amide bonds. The number of hydrogen-bond donors (Lipinski definition) is 2. The molecule has 0 aliphatic carbocycles. The summed E-state index contributed by atoms with van der Waals surface area (Å²) in [4.78, 5) is 4.72. The van der Waals surface area contributed by atoms with Crippen LogP contribution >= 0.6 is 11.6 Å². The molecule has 2 N–H and O–H groups in total. The van der Waals surface area contributed by atoms with Crippen LogP contribution in [0.25, 0.3) is 0 Å². The number of aliphatic hydroxyl groups is 1. The van der Waals surface area contributed by atoms with Gasteiger partial charge in [-0.25, -0.2) is 0 Å². The Hall–Kier alpha value is -0.810. The van der Waals surface area contributed by atoms with Crippen molar-refractivity contribution in [2.24, 2.45) is 0 Å². The van der Waals surface area contributed by atoms with E-state index in [0.29, 0.717) is 6.04 Å². The van der Waals surface area contributed by atoms with Crippen LogP contribution in [-0.4, -0.2) is 55.4 Å². The molecule has 0 saturated carbocycles. The molecule has 5 heteroatoms. The SMILES string of the molecule is CC(C)NCc1cc(Cl)ccc1N1CCN(CCO)CC1. The molecule has 21 heavy (non-hydrogen) atoms. The van der Waals surface area contributed by atoms with Crippen molar-refractivity contribution in [1.29, 1.82) is 0 Å². The number of aliphatic hydroxyl groups excluding tert-OH is 1. The fraction of sp³-hybridized carbons (Fsp3) is 0.625. The van der Waals surface area contributed by atoms with E-state index < -0.39 is 0 Å². The summed E-state index contributed by atoms with van der Waals surface area (Å²) < 4.78 is 0. The van der Waals surface area contributed by atoms with Crippen LogP contribution in [0.4, 0.5) is 5.69 Å². The van der Waals surface area contributed by atoms with Crippen LogP contribution in [-0.2, 0) is 6.54 Å². The molecular formula is C16H26ClN3O. The van der Waals surface area contributed by atoms with Crippen LogP contribution in [0.2, 0.25) is 5.02 Å². The first-order chi connectivity index (χ1) is 10.1. The van der Waals surface area contributed by atoms with Gasteiger partial charge in [0.25, 0.3) is 0 Å². The zero-order valence-electron chi connectivity index (χ0n) is 13.0. The summed E-state index contributed by atoms with van der Waals surface area (Å²) in [6, 6.07) is 6.61. The van der Waals surface area contributed by atoms with Gasteiger partial charge in [0.1, 0.15) is 0 Å². The van der Waals surface area contributed by atoms with Gasteiger partial charge in [0.15, 0.2) is 0 Å². The molecule has 1 saturated heterocycles. The molecule has 0 spiro atoms. The monoisotopic (exact) mass is 311 g/mol. The molecule has 1 aromatic rings. The normalized spacial score (nSPS) is 16.7. The van der Waals surface area contributed by atoms with E-state index in [4.69, 9.17) is 16.7 Å². The number of benzene rings is 1. The summed E-state index contributed by atoms with van der Waals surface area (Å²) in [7, 11) is 0. The van der Waals surface area contributed by atoms with E-state index in [1.807, 2.05) is 6.07 Å². The van der Waals surface area contributed by atoms with Crippen LogP contribution in [0.5, 0.6) is 0 Å². The van der Waals surface area contributed by atoms with Crippen molar-refractivity contribution < 1.29 is 5.11 Å². The molecule has 0 aromatic heterocycles. The number of nitrogens with zero attached hydrogens (tertiary/aromatic N) is 2. The number of hydrogen-bond acceptors (Lipinski definition) is 4. The van der Waals surface area contributed by atoms with E-state index in [1.165, 1.54) is 11.3 Å². The molecule has 4 nitrogen and oxygen atoms in total. The molecule has 0 bridgehead atoms. The maximum atomic E-state index is 9.02. The molecule has 1 aliphatic rings. The Balaban J connectivity index is 2.05. The van der Waals surface area contributed by atoms with Crippen molar-refractivity contribution in [2.75, 3.05) is 44.2 Å². The van der Waals surface area contributed by atoms with Gasteiger partial charge in [0.2, 0.25) is 0 Å². The quantitative estimate of drug-likeness (QED) is 0.842. The largest absolute Gasteiger partial charge is 0.395 e. The molecule has 0 radical (unpaired) electrons. The van der Waals surface area contributed by atoms with E-state index >= 15 is 0 Å². The Morgan fingerprint density at radius 2 is 1.95 bits per heavy atom.